The van der Waals surface area contributed by atoms with Crippen LogP contribution in [0.25, 0.3) is 0 Å². The number of ether oxygens (including phenoxy) is 1. The molecule has 5 rings (SSSR count). The molecule has 1 saturated heterocycles. The van der Waals surface area contributed by atoms with Crippen LogP contribution in [-0.2, 0) is 17.7 Å². The van der Waals surface area contributed by atoms with Gasteiger partial charge in [-0.05, 0) is 51.9 Å². The van der Waals surface area contributed by atoms with Crippen molar-refractivity contribution in [2.24, 2.45) is 0 Å². The lowest BCUT2D eigenvalue weighted by atomic mass is 10.1. The molecule has 8 nitrogen and oxygen atoms in total. The Hall–Kier alpha value is -3.30. The molecule has 2 aromatic heterocycles. The fourth-order valence-electron chi connectivity index (χ4n) is 3.57. The zero-order chi connectivity index (χ0) is 21.6. The van der Waals surface area contributed by atoms with E-state index >= 15 is 0 Å². The van der Waals surface area contributed by atoms with Crippen LogP contribution in [0, 0.1) is 0 Å². The minimum absolute atomic E-state index is 0.653. The highest BCUT2D eigenvalue weighted by molar-refractivity contribution is 7.99. The second kappa shape index (κ2) is 9.88. The molecule has 1 aliphatic rings. The Kier molecular flexibility index (Phi) is 6.36. The molecule has 0 amide bonds. The van der Waals surface area contributed by atoms with Crippen LogP contribution >= 0.6 is 11.8 Å². The summed E-state index contributed by atoms with van der Waals surface area (Å²) in [6, 6.07) is 19.0. The summed E-state index contributed by atoms with van der Waals surface area (Å²) < 4.78 is 7.14. The van der Waals surface area contributed by atoms with Crippen molar-refractivity contribution in [3.8, 4) is 0 Å². The molecule has 0 N–H and O–H groups in total. The highest BCUT2D eigenvalue weighted by atomic mass is 32.2. The van der Waals surface area contributed by atoms with Gasteiger partial charge in [0.05, 0.1) is 19.8 Å². The van der Waals surface area contributed by atoms with Crippen molar-refractivity contribution in [3.63, 3.8) is 0 Å². The third-order valence-corrected chi connectivity index (χ3v) is 6.18. The quantitative estimate of drug-likeness (QED) is 0.402. The van der Waals surface area contributed by atoms with E-state index in [4.69, 9.17) is 9.72 Å². The Balaban J connectivity index is 1.21. The van der Waals surface area contributed by atoms with E-state index in [-0.39, 0.29) is 0 Å². The fourth-order valence-corrected chi connectivity index (χ4v) is 4.37. The summed E-state index contributed by atoms with van der Waals surface area (Å²) >= 11 is 1.63. The van der Waals surface area contributed by atoms with E-state index in [1.807, 2.05) is 12.3 Å². The third kappa shape index (κ3) is 5.30. The zero-order valence-electron chi connectivity index (χ0n) is 17.5. The Morgan fingerprint density at radius 2 is 1.69 bits per heavy atom. The first-order valence-electron chi connectivity index (χ1n) is 10.5. The van der Waals surface area contributed by atoms with Crippen molar-refractivity contribution in [1.82, 2.24) is 30.2 Å². The van der Waals surface area contributed by atoms with Gasteiger partial charge in [0.1, 0.15) is 17.2 Å². The van der Waals surface area contributed by atoms with Gasteiger partial charge in [-0.15, -0.1) is 5.10 Å². The molecular formula is C23H23N7OS. The van der Waals surface area contributed by atoms with Gasteiger partial charge in [-0.25, -0.2) is 14.6 Å². The Labute approximate surface area is 190 Å². The molecule has 3 heterocycles. The molecule has 0 saturated carbocycles. The predicted molar refractivity (Wildman–Crippen MR) is 122 cm³/mol. The average Bonchev–Trinajstić information content (AvgIpc) is 3.35. The lowest BCUT2D eigenvalue weighted by molar-refractivity contribution is 0.122. The summed E-state index contributed by atoms with van der Waals surface area (Å²) in [4.78, 5) is 12.7. The van der Waals surface area contributed by atoms with Crippen LogP contribution in [0.4, 0.5) is 5.69 Å². The maximum Gasteiger partial charge on any atom is 0.138 e. The van der Waals surface area contributed by atoms with Crippen molar-refractivity contribution >= 4 is 17.4 Å². The standard InChI is InChI=1S/C23H23N7OS/c1-5-20(29-11-13-31-14-12-29)6-2-18(1)15-22-24-10-9-23(26-22)32-21-7-3-19(4-8-21)16-30-17-25-27-28-30/h1-10,17H,11-16H2. The smallest absolute Gasteiger partial charge is 0.138 e. The van der Waals surface area contributed by atoms with Gasteiger partial charge in [0.25, 0.3) is 0 Å². The van der Waals surface area contributed by atoms with E-state index in [1.54, 1.807) is 22.8 Å². The molecule has 9 heteroatoms. The summed E-state index contributed by atoms with van der Waals surface area (Å²) in [6.45, 7) is 4.13. The topological polar surface area (TPSA) is 81.9 Å². The minimum atomic E-state index is 0.653. The van der Waals surface area contributed by atoms with Crippen LogP contribution in [0.15, 0.2) is 77.0 Å². The molecule has 2 aromatic carbocycles. The Morgan fingerprint density at radius 1 is 0.906 bits per heavy atom. The van der Waals surface area contributed by atoms with Gasteiger partial charge in [0.15, 0.2) is 0 Å². The molecule has 0 aliphatic carbocycles. The first-order chi connectivity index (χ1) is 15.8. The summed E-state index contributed by atoms with van der Waals surface area (Å²) in [6.07, 6.45) is 4.16. The monoisotopic (exact) mass is 445 g/mol. The number of hydrogen-bond acceptors (Lipinski definition) is 8. The van der Waals surface area contributed by atoms with Gasteiger partial charge >= 0.3 is 0 Å². The summed E-state index contributed by atoms with van der Waals surface area (Å²) in [5.41, 5.74) is 3.59. The van der Waals surface area contributed by atoms with E-state index in [0.717, 1.165) is 47.6 Å². The second-order valence-electron chi connectivity index (χ2n) is 7.51. The zero-order valence-corrected chi connectivity index (χ0v) is 18.4. The molecule has 0 radical (unpaired) electrons. The van der Waals surface area contributed by atoms with E-state index in [1.165, 1.54) is 11.3 Å². The van der Waals surface area contributed by atoms with Crippen LogP contribution in [0.5, 0.6) is 0 Å². The SMILES string of the molecule is c1cc(Sc2ccc(Cn3cnnn3)cc2)nc(Cc2ccc(N3CCOCC3)cc2)n1. The van der Waals surface area contributed by atoms with Gasteiger partial charge < -0.3 is 9.64 Å². The van der Waals surface area contributed by atoms with Crippen molar-refractivity contribution in [1.29, 1.82) is 0 Å². The maximum absolute atomic E-state index is 5.44. The van der Waals surface area contributed by atoms with Crippen LogP contribution in [0.3, 0.4) is 0 Å². The van der Waals surface area contributed by atoms with Gasteiger partial charge in [0, 0.05) is 36.3 Å². The van der Waals surface area contributed by atoms with Gasteiger partial charge in [-0.3, -0.25) is 0 Å². The van der Waals surface area contributed by atoms with Gasteiger partial charge in [-0.1, -0.05) is 36.0 Å². The number of anilines is 1. The van der Waals surface area contributed by atoms with Crippen LogP contribution in [0.1, 0.15) is 17.0 Å². The number of benzene rings is 2. The average molecular weight is 446 g/mol. The van der Waals surface area contributed by atoms with Gasteiger partial charge in [0.2, 0.25) is 0 Å². The number of tetrazole rings is 1. The molecule has 0 bridgehead atoms. The predicted octanol–water partition coefficient (Wildman–Crippen LogP) is 3.09. The Bertz CT molecular complexity index is 1130. The van der Waals surface area contributed by atoms with Crippen LogP contribution < -0.4 is 4.90 Å². The molecule has 0 atom stereocenters. The van der Waals surface area contributed by atoms with E-state index in [2.05, 4.69) is 73.9 Å². The molecule has 4 aromatic rings. The molecule has 162 valence electrons. The number of rotatable bonds is 7. The number of morpholine rings is 1. The van der Waals surface area contributed by atoms with Crippen LogP contribution in [0.2, 0.25) is 0 Å². The first-order valence-corrected chi connectivity index (χ1v) is 11.3. The second-order valence-corrected chi connectivity index (χ2v) is 8.60. The summed E-state index contributed by atoms with van der Waals surface area (Å²) in [5, 5.41) is 12.2. The van der Waals surface area contributed by atoms with Crippen molar-refractivity contribution in [2.75, 3.05) is 31.2 Å². The van der Waals surface area contributed by atoms with Crippen molar-refractivity contribution < 1.29 is 4.74 Å². The van der Waals surface area contributed by atoms with E-state index < -0.39 is 0 Å². The summed E-state index contributed by atoms with van der Waals surface area (Å²) in [5.74, 6) is 0.824. The maximum atomic E-state index is 5.44. The Morgan fingerprint density at radius 3 is 2.44 bits per heavy atom. The van der Waals surface area contributed by atoms with Crippen molar-refractivity contribution in [2.45, 2.75) is 22.9 Å². The van der Waals surface area contributed by atoms with Gasteiger partial charge in [-0.2, -0.15) is 0 Å². The van der Waals surface area contributed by atoms with Crippen LogP contribution in [-0.4, -0.2) is 56.5 Å². The molecule has 0 unspecified atom stereocenters. The lowest BCUT2D eigenvalue weighted by Gasteiger charge is -2.28. The first kappa shape index (κ1) is 20.6. The molecular weight excluding hydrogens is 422 g/mol. The summed E-state index contributed by atoms with van der Waals surface area (Å²) in [7, 11) is 0. The molecule has 32 heavy (non-hydrogen) atoms. The van der Waals surface area contributed by atoms with E-state index in [0.29, 0.717) is 13.0 Å². The largest absolute Gasteiger partial charge is 0.378 e. The number of aromatic nitrogens is 6. The third-order valence-electron chi connectivity index (χ3n) is 5.24. The number of hydrogen-bond donors (Lipinski definition) is 0. The van der Waals surface area contributed by atoms with E-state index in [9.17, 15) is 0 Å². The molecule has 1 fully saturated rings. The normalized spacial score (nSPS) is 13.9. The fraction of sp³-hybridized carbons (Fsp3) is 0.261. The highest BCUT2D eigenvalue weighted by Crippen LogP contribution is 2.26. The highest BCUT2D eigenvalue weighted by Gasteiger charge is 2.11. The molecule has 1 aliphatic heterocycles. The lowest BCUT2D eigenvalue weighted by Crippen LogP contribution is -2.36. The minimum Gasteiger partial charge on any atom is -0.378 e. The number of nitrogens with zero attached hydrogens (tertiary/aromatic N) is 7. The van der Waals surface area contributed by atoms with Crippen molar-refractivity contribution in [3.05, 3.63) is 84.1 Å². The molecule has 0 spiro atoms.